The van der Waals surface area contributed by atoms with Crippen molar-refractivity contribution < 1.29 is 0 Å². The lowest BCUT2D eigenvalue weighted by molar-refractivity contribution is 1.21. The monoisotopic (exact) mass is 446 g/mol. The predicted octanol–water partition coefficient (Wildman–Crippen LogP) is 6.73. The Morgan fingerprint density at radius 1 is 0.571 bits per heavy atom. The number of fused-ring (bicyclic) bond motifs is 14. The Labute approximate surface area is 200 Å². The Kier molecular flexibility index (Phi) is 3.11. The van der Waals surface area contributed by atoms with Crippen LogP contribution in [-0.4, -0.2) is 19.4 Å². The normalized spacial score (nSPS) is 13.5. The van der Waals surface area contributed by atoms with Gasteiger partial charge in [-0.15, -0.1) is 0 Å². The van der Waals surface area contributed by atoms with Crippen molar-refractivity contribution in [2.75, 3.05) is 0 Å². The molecule has 2 aliphatic carbocycles. The first-order valence-corrected chi connectivity index (χ1v) is 12.0. The summed E-state index contributed by atoms with van der Waals surface area (Å²) in [5.74, 6) is 0. The minimum atomic E-state index is 0.768. The van der Waals surface area contributed by atoms with E-state index >= 15 is 0 Å². The zero-order valence-corrected chi connectivity index (χ0v) is 18.8. The first-order chi connectivity index (χ1) is 17.3. The maximum absolute atomic E-state index is 4.97. The fourth-order valence-corrected chi connectivity index (χ4v) is 6.38. The molecule has 9 rings (SSSR count). The summed E-state index contributed by atoms with van der Waals surface area (Å²) in [7, 11) is 0. The number of rotatable bonds is 0. The molecule has 162 valence electrons. The number of imidazole rings is 1. The number of pyridine rings is 3. The van der Waals surface area contributed by atoms with E-state index in [0.29, 0.717) is 0 Å². The van der Waals surface area contributed by atoms with Crippen LogP contribution in [-0.2, 0) is 12.8 Å². The standard InChI is InChI=1S/C31H18N4/c1-2-6-21-17(5-1)11-18-12-19-13-20-14-26-25(16-24(20)23(19)15-22(18)21)29-27(7-3-9-32-29)35-28-8-4-10-33-30(28)34-31(26)35/h1-10,12,14-16H,11,13H2. The third-order valence-corrected chi connectivity index (χ3v) is 7.89. The summed E-state index contributed by atoms with van der Waals surface area (Å²) in [5.41, 5.74) is 15.9. The first-order valence-electron chi connectivity index (χ1n) is 12.0. The average Bonchev–Trinajstić information content (AvgIpc) is 3.57. The lowest BCUT2D eigenvalue weighted by atomic mass is 9.96. The fraction of sp³-hybridized carbons (Fsp3) is 0.0645. The molecule has 0 saturated heterocycles. The highest BCUT2D eigenvalue weighted by molar-refractivity contribution is 6.14. The van der Waals surface area contributed by atoms with Crippen molar-refractivity contribution >= 4 is 38.6 Å². The molecule has 35 heavy (non-hydrogen) atoms. The largest absolute Gasteiger partial charge is 0.288 e. The second-order valence-corrected chi connectivity index (χ2v) is 9.72. The van der Waals surface area contributed by atoms with Crippen molar-refractivity contribution in [1.82, 2.24) is 19.4 Å². The van der Waals surface area contributed by atoms with Gasteiger partial charge in [-0.2, -0.15) is 0 Å². The van der Waals surface area contributed by atoms with Crippen LogP contribution >= 0.6 is 0 Å². The lowest BCUT2D eigenvalue weighted by Gasteiger charge is -2.11. The maximum atomic E-state index is 4.97. The van der Waals surface area contributed by atoms with Crippen molar-refractivity contribution in [3.05, 3.63) is 107 Å². The zero-order valence-electron chi connectivity index (χ0n) is 18.8. The van der Waals surface area contributed by atoms with Gasteiger partial charge in [0.1, 0.15) is 5.65 Å². The maximum Gasteiger partial charge on any atom is 0.178 e. The van der Waals surface area contributed by atoms with Crippen LogP contribution in [0.25, 0.3) is 60.9 Å². The van der Waals surface area contributed by atoms with Gasteiger partial charge < -0.3 is 0 Å². The van der Waals surface area contributed by atoms with Crippen LogP contribution in [0.1, 0.15) is 22.3 Å². The fourth-order valence-electron chi connectivity index (χ4n) is 6.38. The molecule has 4 heterocycles. The molecule has 0 spiro atoms. The van der Waals surface area contributed by atoms with Crippen molar-refractivity contribution in [1.29, 1.82) is 0 Å². The minimum absolute atomic E-state index is 0.768. The Morgan fingerprint density at radius 3 is 2.26 bits per heavy atom. The summed E-state index contributed by atoms with van der Waals surface area (Å²) >= 11 is 0. The summed E-state index contributed by atoms with van der Waals surface area (Å²) in [6.07, 6.45) is 5.67. The van der Waals surface area contributed by atoms with E-state index in [4.69, 9.17) is 9.97 Å². The molecule has 0 N–H and O–H groups in total. The van der Waals surface area contributed by atoms with Gasteiger partial charge in [-0.3, -0.25) is 9.38 Å². The molecular weight excluding hydrogens is 428 g/mol. The Morgan fingerprint density at radius 2 is 1.31 bits per heavy atom. The molecule has 0 saturated carbocycles. The van der Waals surface area contributed by atoms with Crippen LogP contribution in [0.5, 0.6) is 0 Å². The molecule has 0 bridgehead atoms. The highest BCUT2D eigenvalue weighted by Gasteiger charge is 2.26. The molecule has 4 nitrogen and oxygen atoms in total. The van der Waals surface area contributed by atoms with Gasteiger partial charge in [-0.1, -0.05) is 30.3 Å². The molecule has 3 aromatic carbocycles. The smallest absolute Gasteiger partial charge is 0.178 e. The van der Waals surface area contributed by atoms with Gasteiger partial charge in [0.25, 0.3) is 0 Å². The van der Waals surface area contributed by atoms with E-state index in [1.807, 2.05) is 24.5 Å². The van der Waals surface area contributed by atoms with Gasteiger partial charge in [0, 0.05) is 23.2 Å². The molecule has 2 aliphatic rings. The van der Waals surface area contributed by atoms with Gasteiger partial charge in [-0.05, 0) is 99.8 Å². The van der Waals surface area contributed by atoms with E-state index in [-0.39, 0.29) is 0 Å². The van der Waals surface area contributed by atoms with E-state index in [2.05, 4.69) is 70.0 Å². The molecule has 0 unspecified atom stereocenters. The molecule has 4 heteroatoms. The molecule has 0 amide bonds. The number of nitrogens with zero attached hydrogens (tertiary/aromatic N) is 4. The topological polar surface area (TPSA) is 43.1 Å². The summed E-state index contributed by atoms with van der Waals surface area (Å²) < 4.78 is 2.22. The Bertz CT molecular complexity index is 2070. The van der Waals surface area contributed by atoms with Gasteiger partial charge in [0.2, 0.25) is 0 Å². The van der Waals surface area contributed by atoms with Crippen molar-refractivity contribution in [3.8, 4) is 22.3 Å². The van der Waals surface area contributed by atoms with Crippen LogP contribution in [0.3, 0.4) is 0 Å². The van der Waals surface area contributed by atoms with Crippen molar-refractivity contribution in [2.45, 2.75) is 12.8 Å². The quantitative estimate of drug-likeness (QED) is 0.243. The highest BCUT2D eigenvalue weighted by atomic mass is 15.1. The number of aromatic nitrogens is 4. The number of hydrogen-bond donors (Lipinski definition) is 0. The molecule has 0 aliphatic heterocycles. The van der Waals surface area contributed by atoms with Crippen molar-refractivity contribution in [3.63, 3.8) is 0 Å². The molecular formula is C31H18N4. The van der Waals surface area contributed by atoms with Gasteiger partial charge in [0.05, 0.1) is 16.6 Å². The van der Waals surface area contributed by atoms with E-state index in [9.17, 15) is 0 Å². The van der Waals surface area contributed by atoms with Gasteiger partial charge in [-0.25, -0.2) is 9.97 Å². The second-order valence-electron chi connectivity index (χ2n) is 9.72. The zero-order chi connectivity index (χ0) is 22.7. The first kappa shape index (κ1) is 17.8. The lowest BCUT2D eigenvalue weighted by Crippen LogP contribution is -1.94. The molecule has 0 fully saturated rings. The number of hydrogen-bond acceptors (Lipinski definition) is 3. The summed E-state index contributed by atoms with van der Waals surface area (Å²) in [6, 6.07) is 26.6. The Hall–Kier alpha value is -4.57. The van der Waals surface area contributed by atoms with Gasteiger partial charge in [0.15, 0.2) is 5.65 Å². The summed E-state index contributed by atoms with van der Waals surface area (Å²) in [4.78, 5) is 14.4. The van der Waals surface area contributed by atoms with Crippen LogP contribution in [0.4, 0.5) is 0 Å². The van der Waals surface area contributed by atoms with E-state index in [1.165, 1.54) is 44.5 Å². The summed E-state index contributed by atoms with van der Waals surface area (Å²) in [5, 5.41) is 2.29. The summed E-state index contributed by atoms with van der Waals surface area (Å²) in [6.45, 7) is 0. The number of benzene rings is 3. The van der Waals surface area contributed by atoms with Crippen LogP contribution < -0.4 is 0 Å². The van der Waals surface area contributed by atoms with Crippen LogP contribution in [0.2, 0.25) is 0 Å². The minimum Gasteiger partial charge on any atom is -0.288 e. The van der Waals surface area contributed by atoms with E-state index in [0.717, 1.165) is 51.5 Å². The highest BCUT2D eigenvalue weighted by Crippen LogP contribution is 2.46. The molecule has 0 atom stereocenters. The third kappa shape index (κ3) is 2.20. The second kappa shape index (κ2) is 6.10. The molecule has 4 aromatic heterocycles. The molecule has 7 aromatic rings. The van der Waals surface area contributed by atoms with Gasteiger partial charge >= 0.3 is 0 Å². The van der Waals surface area contributed by atoms with Crippen LogP contribution in [0, 0.1) is 0 Å². The van der Waals surface area contributed by atoms with E-state index < -0.39 is 0 Å². The van der Waals surface area contributed by atoms with Crippen molar-refractivity contribution in [2.24, 2.45) is 0 Å². The Balaban J connectivity index is 1.39. The van der Waals surface area contributed by atoms with E-state index in [1.54, 1.807) is 0 Å². The average molecular weight is 447 g/mol. The van der Waals surface area contributed by atoms with Crippen LogP contribution in [0.15, 0.2) is 85.2 Å². The third-order valence-electron chi connectivity index (χ3n) is 7.89. The molecule has 0 radical (unpaired) electrons. The predicted molar refractivity (Wildman–Crippen MR) is 140 cm³/mol. The SMILES string of the molecule is c1ccc2c(c1)Cc1cc3c(cc1-2)-c1cc2c(cc1C3)c1nc3ncccc3n1c1cccnc21.